The number of aliphatic hydroxyl groups is 1. The van der Waals surface area contributed by atoms with E-state index in [-0.39, 0.29) is 48.1 Å². The van der Waals surface area contributed by atoms with Crippen LogP contribution in [-0.2, 0) is 34.7 Å². The van der Waals surface area contributed by atoms with Crippen LogP contribution in [0.1, 0.15) is 59.2 Å². The van der Waals surface area contributed by atoms with Crippen LogP contribution in [0.3, 0.4) is 0 Å². The monoisotopic (exact) mass is 521 g/mol. The van der Waals surface area contributed by atoms with Crippen molar-refractivity contribution in [2.45, 2.75) is 57.9 Å². The molecule has 198 valence electrons. The van der Waals surface area contributed by atoms with Gasteiger partial charge in [0, 0.05) is 35.7 Å². The number of aryl methyl sites for hydroxylation is 1. The molecule has 6 rings (SSSR count). The normalized spacial score (nSPS) is 21.0. The molecule has 38 heavy (non-hydrogen) atoms. The van der Waals surface area contributed by atoms with Crippen LogP contribution in [0.2, 0.25) is 0 Å². The fourth-order valence-corrected chi connectivity index (χ4v) is 6.09. The zero-order chi connectivity index (χ0) is 26.9. The van der Waals surface area contributed by atoms with Crippen molar-refractivity contribution in [3.05, 3.63) is 61.7 Å². The number of carbonyl (C=O) groups excluding carboxylic acids is 2. The summed E-state index contributed by atoms with van der Waals surface area (Å²) in [6.07, 6.45) is 1.13. The second kappa shape index (κ2) is 8.60. The van der Waals surface area contributed by atoms with Crippen LogP contribution in [0.25, 0.3) is 22.3 Å². The van der Waals surface area contributed by atoms with Crippen molar-refractivity contribution >= 4 is 22.9 Å². The van der Waals surface area contributed by atoms with Gasteiger partial charge in [-0.15, -0.1) is 0 Å². The number of ether oxygens (including phenoxy) is 1. The lowest BCUT2D eigenvalue weighted by Crippen LogP contribution is -2.44. The highest BCUT2D eigenvalue weighted by molar-refractivity contribution is 5.93. The second-order valence-electron chi connectivity index (χ2n) is 10.1. The molecule has 3 aliphatic rings. The largest absolute Gasteiger partial charge is 0.458 e. The van der Waals surface area contributed by atoms with Crippen molar-refractivity contribution in [1.82, 2.24) is 20.2 Å². The number of nitrogens with one attached hydrogen (secondary N) is 2. The molecule has 2 aromatic heterocycles. The number of fused-ring (bicyclic) bond motifs is 5. The van der Waals surface area contributed by atoms with Gasteiger partial charge in [0.2, 0.25) is 0 Å². The highest BCUT2D eigenvalue weighted by Gasteiger charge is 2.46. The Morgan fingerprint density at radius 2 is 2.11 bits per heavy atom. The molecule has 0 radical (unpaired) electrons. The molecule has 0 spiro atoms. The molecule has 1 aliphatic carbocycles. The topological polar surface area (TPSA) is 149 Å². The standard InChI is InChI=1S/C27H28FN5O5/c1-3-27(37)16-8-20-23-14(10-33(20)24(34)15(16)11-38-25(27)35)22-18(32-26(36)30-7-6-29)5-4-13-12(2)17(28)9-19(31-23)21(13)22/h8-9,18,37H,3-7,10-11,29H2,1-2H3,(H2,30,32,36)/t18-,27+/m0/s1. The Labute approximate surface area is 217 Å². The third-order valence-electron chi connectivity index (χ3n) is 8.11. The molecular formula is C27H28FN5O5. The number of esters is 1. The van der Waals surface area contributed by atoms with Gasteiger partial charge >= 0.3 is 12.0 Å². The van der Waals surface area contributed by atoms with E-state index in [2.05, 4.69) is 10.6 Å². The lowest BCUT2D eigenvalue weighted by Gasteiger charge is -2.31. The van der Waals surface area contributed by atoms with Crippen molar-refractivity contribution in [2.75, 3.05) is 13.1 Å². The number of halogens is 1. The summed E-state index contributed by atoms with van der Waals surface area (Å²) < 4.78 is 21.7. The first-order valence-corrected chi connectivity index (χ1v) is 12.8. The van der Waals surface area contributed by atoms with Crippen LogP contribution in [0, 0.1) is 12.7 Å². The van der Waals surface area contributed by atoms with Gasteiger partial charge in [-0.2, -0.15) is 0 Å². The van der Waals surface area contributed by atoms with E-state index < -0.39 is 17.6 Å². The second-order valence-corrected chi connectivity index (χ2v) is 10.1. The minimum atomic E-state index is -1.95. The number of rotatable bonds is 4. The molecule has 2 atom stereocenters. The number of hydrogen-bond acceptors (Lipinski definition) is 7. The maximum absolute atomic E-state index is 15.0. The predicted molar refractivity (Wildman–Crippen MR) is 136 cm³/mol. The van der Waals surface area contributed by atoms with E-state index in [0.717, 1.165) is 22.1 Å². The molecule has 1 aromatic carbocycles. The summed E-state index contributed by atoms with van der Waals surface area (Å²) in [5.41, 5.74) is 7.89. The van der Waals surface area contributed by atoms with E-state index in [1.54, 1.807) is 24.5 Å². The maximum atomic E-state index is 15.0. The number of cyclic esters (lactones) is 1. The number of nitrogens with two attached hydrogens (primary N) is 1. The molecule has 0 saturated carbocycles. The molecule has 10 nitrogen and oxygen atoms in total. The zero-order valence-electron chi connectivity index (χ0n) is 21.1. The van der Waals surface area contributed by atoms with E-state index in [1.807, 2.05) is 0 Å². The minimum absolute atomic E-state index is 0.0305. The van der Waals surface area contributed by atoms with E-state index >= 15 is 0 Å². The first kappa shape index (κ1) is 24.5. The van der Waals surface area contributed by atoms with Gasteiger partial charge in [-0.25, -0.2) is 19.0 Å². The molecule has 0 saturated heterocycles. The molecule has 0 bridgehead atoms. The zero-order valence-corrected chi connectivity index (χ0v) is 21.1. The van der Waals surface area contributed by atoms with Crippen molar-refractivity contribution < 1.29 is 23.8 Å². The summed E-state index contributed by atoms with van der Waals surface area (Å²) >= 11 is 0. The predicted octanol–water partition coefficient (Wildman–Crippen LogP) is 1.77. The van der Waals surface area contributed by atoms with E-state index in [1.165, 1.54) is 6.07 Å². The van der Waals surface area contributed by atoms with Crippen molar-refractivity contribution in [3.63, 3.8) is 0 Å². The fourth-order valence-electron chi connectivity index (χ4n) is 6.09. The molecule has 0 fully saturated rings. The Morgan fingerprint density at radius 3 is 2.84 bits per heavy atom. The van der Waals surface area contributed by atoms with Crippen LogP contribution in [0.5, 0.6) is 0 Å². The number of nitrogens with zero attached hydrogens (tertiary/aromatic N) is 2. The number of pyridine rings is 2. The molecular weight excluding hydrogens is 493 g/mol. The van der Waals surface area contributed by atoms with Gasteiger partial charge in [0.1, 0.15) is 12.4 Å². The van der Waals surface area contributed by atoms with E-state index in [0.29, 0.717) is 48.4 Å². The van der Waals surface area contributed by atoms with Crippen LogP contribution < -0.4 is 21.9 Å². The lowest BCUT2D eigenvalue weighted by molar-refractivity contribution is -0.172. The van der Waals surface area contributed by atoms with E-state index in [4.69, 9.17) is 15.5 Å². The SMILES string of the molecule is CC[C@]1(O)C(=O)OCc2c1cc1n(c2=O)Cc2c-1nc1cc(F)c(C)c3c1c2[C@@H](NC(=O)NCCN)CC3. The van der Waals surface area contributed by atoms with Crippen molar-refractivity contribution in [2.24, 2.45) is 5.73 Å². The highest BCUT2D eigenvalue weighted by atomic mass is 19.1. The number of amides is 2. The van der Waals surface area contributed by atoms with Gasteiger partial charge in [-0.1, -0.05) is 6.92 Å². The van der Waals surface area contributed by atoms with Gasteiger partial charge in [-0.05, 0) is 48.9 Å². The Kier molecular flexibility index (Phi) is 5.55. The van der Waals surface area contributed by atoms with Gasteiger partial charge in [0.15, 0.2) is 5.60 Å². The summed E-state index contributed by atoms with van der Waals surface area (Å²) in [4.78, 5) is 43.5. The molecule has 3 aromatic rings. The Hall–Kier alpha value is -3.83. The average molecular weight is 522 g/mol. The number of carbonyl (C=O) groups is 2. The van der Waals surface area contributed by atoms with Gasteiger partial charge < -0.3 is 30.8 Å². The number of aromatic nitrogens is 2. The number of urea groups is 1. The first-order chi connectivity index (χ1) is 18.2. The third-order valence-corrected chi connectivity index (χ3v) is 8.11. The molecule has 0 unspecified atom stereocenters. The minimum Gasteiger partial charge on any atom is -0.458 e. The smallest absolute Gasteiger partial charge is 0.343 e. The van der Waals surface area contributed by atoms with Gasteiger partial charge in [0.25, 0.3) is 5.56 Å². The first-order valence-electron chi connectivity index (χ1n) is 12.8. The summed E-state index contributed by atoms with van der Waals surface area (Å²) in [5, 5.41) is 17.7. The van der Waals surface area contributed by atoms with Gasteiger partial charge in [-0.3, -0.25) is 4.79 Å². The molecule has 11 heteroatoms. The molecule has 4 heterocycles. The fraction of sp³-hybridized carbons (Fsp3) is 0.407. The quantitative estimate of drug-likeness (QED) is 0.299. The third kappa shape index (κ3) is 3.31. The molecule has 5 N–H and O–H groups in total. The lowest BCUT2D eigenvalue weighted by atomic mass is 9.81. The summed E-state index contributed by atoms with van der Waals surface area (Å²) in [6, 6.07) is 2.24. The average Bonchev–Trinajstić information content (AvgIpc) is 3.27. The Morgan fingerprint density at radius 1 is 1.32 bits per heavy atom. The van der Waals surface area contributed by atoms with E-state index in [9.17, 15) is 23.9 Å². The van der Waals surface area contributed by atoms with Gasteiger partial charge in [0.05, 0.1) is 35.1 Å². The van der Waals surface area contributed by atoms with Crippen molar-refractivity contribution in [1.29, 1.82) is 0 Å². The highest BCUT2D eigenvalue weighted by Crippen LogP contribution is 2.45. The number of benzene rings is 1. The van der Waals surface area contributed by atoms with Crippen LogP contribution >= 0.6 is 0 Å². The van der Waals surface area contributed by atoms with Crippen molar-refractivity contribution in [3.8, 4) is 11.4 Å². The number of hydrogen-bond donors (Lipinski definition) is 4. The summed E-state index contributed by atoms with van der Waals surface area (Å²) in [6.45, 7) is 3.95. The Balaban J connectivity index is 1.60. The van der Waals surface area contributed by atoms with Crippen LogP contribution in [0.4, 0.5) is 9.18 Å². The summed E-state index contributed by atoms with van der Waals surface area (Å²) in [7, 11) is 0. The Bertz CT molecular complexity index is 1620. The maximum Gasteiger partial charge on any atom is 0.343 e. The molecule has 2 aliphatic heterocycles. The van der Waals surface area contributed by atoms with Crippen LogP contribution in [-0.4, -0.2) is 39.7 Å². The van der Waals surface area contributed by atoms with Crippen LogP contribution in [0.15, 0.2) is 16.9 Å². The summed E-state index contributed by atoms with van der Waals surface area (Å²) in [5.74, 6) is -1.17. The molecule has 2 amide bonds.